The van der Waals surface area contributed by atoms with Gasteiger partial charge in [0.15, 0.2) is 5.16 Å². The van der Waals surface area contributed by atoms with Crippen LogP contribution in [0.3, 0.4) is 0 Å². The molecule has 0 aliphatic heterocycles. The van der Waals surface area contributed by atoms with E-state index in [0.717, 1.165) is 0 Å². The van der Waals surface area contributed by atoms with Gasteiger partial charge in [-0.2, -0.15) is 0 Å². The summed E-state index contributed by atoms with van der Waals surface area (Å²) >= 11 is 1.36. The molecule has 0 bridgehead atoms. The van der Waals surface area contributed by atoms with Gasteiger partial charge in [0.05, 0.1) is 16.6 Å². The maximum atomic E-state index is 13.8. The molecule has 0 fully saturated rings. The highest BCUT2D eigenvalue weighted by Crippen LogP contribution is 2.20. The summed E-state index contributed by atoms with van der Waals surface area (Å²) in [5.41, 5.74) is 1.50. The minimum absolute atomic E-state index is 0.187. The number of aryl methyl sites for hydroxylation is 1. The molecule has 0 N–H and O–H groups in total. The first-order valence-corrected chi connectivity index (χ1v) is 7.66. The summed E-state index contributed by atoms with van der Waals surface area (Å²) in [7, 11) is 0. The molecule has 0 saturated heterocycles. The van der Waals surface area contributed by atoms with Gasteiger partial charge in [-0.15, -0.1) is 0 Å². The summed E-state index contributed by atoms with van der Waals surface area (Å²) in [5.74, 6) is -0.334. The van der Waals surface area contributed by atoms with Crippen LogP contribution in [0.4, 0.5) is 4.39 Å². The van der Waals surface area contributed by atoms with E-state index in [1.165, 1.54) is 22.4 Å². The highest BCUT2D eigenvalue weighted by Gasteiger charge is 2.12. The molecule has 3 nitrogen and oxygen atoms in total. The van der Waals surface area contributed by atoms with Gasteiger partial charge in [0, 0.05) is 0 Å². The maximum Gasteiger partial charge on any atom is 0.266 e. The molecule has 0 saturated carbocycles. The SMILES string of the molecule is CSc1nc2ccccc2c(=O)n1-c1ccc(C)c(F)c1. The van der Waals surface area contributed by atoms with Gasteiger partial charge in [-0.25, -0.2) is 9.37 Å². The van der Waals surface area contributed by atoms with Crippen molar-refractivity contribution in [2.24, 2.45) is 0 Å². The van der Waals surface area contributed by atoms with Crippen molar-refractivity contribution in [3.63, 3.8) is 0 Å². The molecule has 3 aromatic rings. The Morgan fingerprint density at radius 1 is 1.19 bits per heavy atom. The molecule has 0 unspecified atom stereocenters. The molecule has 2 aromatic carbocycles. The zero-order chi connectivity index (χ0) is 15.0. The molecule has 1 heterocycles. The lowest BCUT2D eigenvalue weighted by Gasteiger charge is -2.12. The number of benzene rings is 2. The molecule has 0 atom stereocenters. The lowest BCUT2D eigenvalue weighted by Crippen LogP contribution is -2.21. The Morgan fingerprint density at radius 2 is 1.95 bits per heavy atom. The number of aromatic nitrogens is 2. The molecule has 0 amide bonds. The van der Waals surface area contributed by atoms with Crippen LogP contribution in [0.5, 0.6) is 0 Å². The van der Waals surface area contributed by atoms with E-state index in [4.69, 9.17) is 0 Å². The summed E-state index contributed by atoms with van der Waals surface area (Å²) in [6, 6.07) is 11.9. The van der Waals surface area contributed by atoms with Gasteiger partial charge in [-0.3, -0.25) is 9.36 Å². The topological polar surface area (TPSA) is 34.9 Å². The number of fused-ring (bicyclic) bond motifs is 1. The second-order valence-corrected chi connectivity index (χ2v) is 5.46. The molecule has 0 radical (unpaired) electrons. The van der Waals surface area contributed by atoms with Gasteiger partial charge >= 0.3 is 0 Å². The van der Waals surface area contributed by atoms with E-state index >= 15 is 0 Å². The summed E-state index contributed by atoms with van der Waals surface area (Å²) in [5, 5.41) is 1.07. The van der Waals surface area contributed by atoms with E-state index in [0.29, 0.717) is 27.3 Å². The van der Waals surface area contributed by atoms with Crippen molar-refractivity contribution >= 4 is 22.7 Å². The average molecular weight is 300 g/mol. The number of nitrogens with zero attached hydrogens (tertiary/aromatic N) is 2. The smallest absolute Gasteiger partial charge is 0.266 e. The van der Waals surface area contributed by atoms with Crippen LogP contribution in [0.25, 0.3) is 16.6 Å². The minimum Gasteiger partial charge on any atom is -0.268 e. The second-order valence-electron chi connectivity index (χ2n) is 4.69. The third-order valence-corrected chi connectivity index (χ3v) is 3.98. The van der Waals surface area contributed by atoms with Crippen molar-refractivity contribution in [1.29, 1.82) is 0 Å². The van der Waals surface area contributed by atoms with Gasteiger partial charge in [-0.1, -0.05) is 30.0 Å². The predicted octanol–water partition coefficient (Wildman–Crippen LogP) is 3.56. The number of para-hydroxylation sites is 1. The van der Waals surface area contributed by atoms with Crippen LogP contribution >= 0.6 is 11.8 Å². The zero-order valence-electron chi connectivity index (χ0n) is 11.6. The highest BCUT2D eigenvalue weighted by molar-refractivity contribution is 7.98. The van der Waals surface area contributed by atoms with Crippen LogP contribution in [-0.2, 0) is 0 Å². The number of halogens is 1. The van der Waals surface area contributed by atoms with Crippen molar-refractivity contribution in [3.05, 3.63) is 64.2 Å². The van der Waals surface area contributed by atoms with Crippen LogP contribution in [0.15, 0.2) is 52.4 Å². The van der Waals surface area contributed by atoms with Crippen molar-refractivity contribution in [3.8, 4) is 5.69 Å². The van der Waals surface area contributed by atoms with E-state index < -0.39 is 0 Å². The number of thioether (sulfide) groups is 1. The van der Waals surface area contributed by atoms with E-state index in [2.05, 4.69) is 4.98 Å². The molecular weight excluding hydrogens is 287 g/mol. The van der Waals surface area contributed by atoms with E-state index in [9.17, 15) is 9.18 Å². The van der Waals surface area contributed by atoms with Crippen molar-refractivity contribution < 1.29 is 4.39 Å². The minimum atomic E-state index is -0.334. The predicted molar refractivity (Wildman–Crippen MR) is 83.8 cm³/mol. The fourth-order valence-corrected chi connectivity index (χ4v) is 2.76. The third-order valence-electron chi connectivity index (χ3n) is 3.34. The second kappa shape index (κ2) is 5.33. The van der Waals surface area contributed by atoms with Crippen LogP contribution in [0.1, 0.15) is 5.56 Å². The molecule has 1 aromatic heterocycles. The molecule has 3 rings (SSSR count). The molecular formula is C16H13FN2OS. The summed E-state index contributed by atoms with van der Waals surface area (Å²) in [6.07, 6.45) is 1.84. The first-order valence-electron chi connectivity index (χ1n) is 6.44. The number of hydrogen-bond donors (Lipinski definition) is 0. The van der Waals surface area contributed by atoms with E-state index in [1.54, 1.807) is 37.3 Å². The van der Waals surface area contributed by atoms with Gasteiger partial charge in [-0.05, 0) is 43.0 Å². The Morgan fingerprint density at radius 3 is 2.67 bits per heavy atom. The van der Waals surface area contributed by atoms with Crippen LogP contribution < -0.4 is 5.56 Å². The Labute approximate surface area is 125 Å². The summed E-state index contributed by atoms with van der Waals surface area (Å²) in [6.45, 7) is 1.69. The fourth-order valence-electron chi connectivity index (χ4n) is 2.20. The van der Waals surface area contributed by atoms with Gasteiger partial charge < -0.3 is 0 Å². The molecule has 5 heteroatoms. The zero-order valence-corrected chi connectivity index (χ0v) is 12.4. The van der Waals surface area contributed by atoms with Gasteiger partial charge in [0.1, 0.15) is 5.82 Å². The van der Waals surface area contributed by atoms with E-state index in [1.807, 2.05) is 12.3 Å². The number of rotatable bonds is 2. The lowest BCUT2D eigenvalue weighted by atomic mass is 10.2. The Bertz CT molecular complexity index is 889. The highest BCUT2D eigenvalue weighted by atomic mass is 32.2. The maximum absolute atomic E-state index is 13.8. The summed E-state index contributed by atoms with van der Waals surface area (Å²) < 4.78 is 15.3. The Hall–Kier alpha value is -2.14. The number of hydrogen-bond acceptors (Lipinski definition) is 3. The van der Waals surface area contributed by atoms with Crippen LogP contribution in [0.2, 0.25) is 0 Å². The van der Waals surface area contributed by atoms with Crippen LogP contribution in [0, 0.1) is 12.7 Å². The third kappa shape index (κ3) is 2.34. The molecule has 0 aliphatic carbocycles. The molecule has 0 aliphatic rings. The fraction of sp³-hybridized carbons (Fsp3) is 0.125. The lowest BCUT2D eigenvalue weighted by molar-refractivity contribution is 0.616. The molecule has 21 heavy (non-hydrogen) atoms. The quantitative estimate of drug-likeness (QED) is 0.536. The Balaban J connectivity index is 2.37. The van der Waals surface area contributed by atoms with Crippen molar-refractivity contribution in [2.75, 3.05) is 6.26 Å². The average Bonchev–Trinajstić information content (AvgIpc) is 2.50. The van der Waals surface area contributed by atoms with Crippen LogP contribution in [-0.4, -0.2) is 15.8 Å². The first-order chi connectivity index (χ1) is 10.1. The standard InChI is InChI=1S/C16H13FN2OS/c1-10-7-8-11(9-13(10)17)19-15(20)12-5-3-4-6-14(12)18-16(19)21-2/h3-9H,1-2H3. The normalized spacial score (nSPS) is 11.0. The molecule has 106 valence electrons. The largest absolute Gasteiger partial charge is 0.268 e. The van der Waals surface area contributed by atoms with Gasteiger partial charge in [0.2, 0.25) is 0 Å². The van der Waals surface area contributed by atoms with Crippen molar-refractivity contribution in [1.82, 2.24) is 9.55 Å². The van der Waals surface area contributed by atoms with Crippen molar-refractivity contribution in [2.45, 2.75) is 12.1 Å². The molecule has 0 spiro atoms. The van der Waals surface area contributed by atoms with Gasteiger partial charge in [0.25, 0.3) is 5.56 Å². The monoisotopic (exact) mass is 300 g/mol. The Kier molecular flexibility index (Phi) is 3.51. The first kappa shape index (κ1) is 13.8. The summed E-state index contributed by atoms with van der Waals surface area (Å²) in [4.78, 5) is 17.2. The van der Waals surface area contributed by atoms with E-state index in [-0.39, 0.29) is 11.4 Å².